The number of rotatable bonds is 7. The van der Waals surface area contributed by atoms with Gasteiger partial charge in [0, 0.05) is 24.7 Å². The quantitative estimate of drug-likeness (QED) is 0.721. The second-order valence-corrected chi connectivity index (χ2v) is 5.39. The number of benzene rings is 1. The molecule has 1 aliphatic carbocycles. The molecule has 0 aromatic heterocycles. The van der Waals surface area contributed by atoms with Gasteiger partial charge in [0.15, 0.2) is 0 Å². The van der Waals surface area contributed by atoms with Gasteiger partial charge in [0.05, 0.1) is 23.9 Å². The summed E-state index contributed by atoms with van der Waals surface area (Å²) in [6, 6.07) is 5.93. The van der Waals surface area contributed by atoms with Crippen molar-refractivity contribution in [3.63, 3.8) is 0 Å². The molecule has 0 saturated heterocycles. The van der Waals surface area contributed by atoms with Crippen molar-refractivity contribution in [1.29, 1.82) is 0 Å². The monoisotopic (exact) mass is 297 g/mol. The normalized spacial score (nSPS) is 15.8. The Morgan fingerprint density at radius 2 is 2.25 bits per heavy atom. The van der Waals surface area contributed by atoms with Gasteiger partial charge in [0.1, 0.15) is 0 Å². The highest BCUT2D eigenvalue weighted by Crippen LogP contribution is 2.31. The summed E-state index contributed by atoms with van der Waals surface area (Å²) in [4.78, 5) is 12.0. The number of nitrogens with two attached hydrogens (primary N) is 1. The van der Waals surface area contributed by atoms with E-state index in [9.17, 15) is 4.79 Å². The molecule has 1 amide bonds. The Hall–Kier alpha value is -1.30. The van der Waals surface area contributed by atoms with Crippen molar-refractivity contribution in [3.8, 4) is 0 Å². The maximum atomic E-state index is 12.0. The summed E-state index contributed by atoms with van der Waals surface area (Å²) in [6.07, 6.45) is 2.28. The number of carbonyl (C=O) groups excluding carboxylic acids is 1. The summed E-state index contributed by atoms with van der Waals surface area (Å²) in [6.45, 7) is 0.312. The Labute approximate surface area is 123 Å². The second-order valence-electron chi connectivity index (χ2n) is 4.95. The van der Waals surface area contributed by atoms with Crippen LogP contribution in [0.25, 0.3) is 0 Å². The van der Waals surface area contributed by atoms with Crippen LogP contribution < -0.4 is 16.4 Å². The Balaban J connectivity index is 2.02. The molecule has 0 bridgehead atoms. The van der Waals surface area contributed by atoms with Crippen LogP contribution in [0.4, 0.5) is 11.4 Å². The van der Waals surface area contributed by atoms with E-state index in [1.165, 1.54) is 0 Å². The SMILES string of the molecule is COC(CN)CC(=O)Nc1cc(Cl)ccc1NC1CC1. The fourth-order valence-electron chi connectivity index (χ4n) is 1.86. The Morgan fingerprint density at radius 3 is 2.85 bits per heavy atom. The molecular formula is C14H20ClN3O2. The molecule has 1 aromatic rings. The summed E-state index contributed by atoms with van der Waals surface area (Å²) in [5.41, 5.74) is 7.11. The van der Waals surface area contributed by atoms with Crippen LogP contribution in [0.5, 0.6) is 0 Å². The van der Waals surface area contributed by atoms with Crippen molar-refractivity contribution in [2.45, 2.75) is 31.4 Å². The average Bonchev–Trinajstić information content (AvgIpc) is 3.23. The van der Waals surface area contributed by atoms with E-state index >= 15 is 0 Å². The number of hydrogen-bond donors (Lipinski definition) is 3. The van der Waals surface area contributed by atoms with E-state index in [0.717, 1.165) is 18.5 Å². The van der Waals surface area contributed by atoms with Crippen LogP contribution >= 0.6 is 11.6 Å². The van der Waals surface area contributed by atoms with Crippen LogP contribution in [0.3, 0.4) is 0 Å². The Bertz CT molecular complexity index is 473. The minimum atomic E-state index is -0.269. The third-order valence-electron chi connectivity index (χ3n) is 3.20. The first-order valence-corrected chi connectivity index (χ1v) is 7.09. The molecule has 110 valence electrons. The first-order valence-electron chi connectivity index (χ1n) is 6.71. The Kier molecular flexibility index (Phi) is 5.23. The molecule has 2 rings (SSSR count). The lowest BCUT2D eigenvalue weighted by molar-refractivity contribution is -0.118. The highest BCUT2D eigenvalue weighted by Gasteiger charge is 2.22. The maximum absolute atomic E-state index is 12.0. The van der Waals surface area contributed by atoms with Gasteiger partial charge in [-0.1, -0.05) is 11.6 Å². The summed E-state index contributed by atoms with van der Waals surface area (Å²) >= 11 is 5.99. The van der Waals surface area contributed by atoms with Gasteiger partial charge in [-0.2, -0.15) is 0 Å². The van der Waals surface area contributed by atoms with E-state index in [4.69, 9.17) is 22.1 Å². The van der Waals surface area contributed by atoms with E-state index in [0.29, 0.717) is 23.3 Å². The zero-order valence-electron chi connectivity index (χ0n) is 11.5. The average molecular weight is 298 g/mol. The van der Waals surface area contributed by atoms with E-state index in [-0.39, 0.29) is 18.4 Å². The van der Waals surface area contributed by atoms with Crippen molar-refractivity contribution < 1.29 is 9.53 Å². The number of anilines is 2. The van der Waals surface area contributed by atoms with E-state index < -0.39 is 0 Å². The van der Waals surface area contributed by atoms with Crippen molar-refractivity contribution in [1.82, 2.24) is 0 Å². The number of methoxy groups -OCH3 is 1. The lowest BCUT2D eigenvalue weighted by atomic mass is 10.2. The van der Waals surface area contributed by atoms with Gasteiger partial charge >= 0.3 is 0 Å². The second kappa shape index (κ2) is 6.92. The third-order valence-corrected chi connectivity index (χ3v) is 3.44. The molecule has 4 N–H and O–H groups in total. The van der Waals surface area contributed by atoms with E-state index in [1.807, 2.05) is 6.07 Å². The summed E-state index contributed by atoms with van der Waals surface area (Å²) in [7, 11) is 1.55. The molecule has 1 aromatic carbocycles. The maximum Gasteiger partial charge on any atom is 0.227 e. The number of ether oxygens (including phenoxy) is 1. The van der Waals surface area contributed by atoms with Gasteiger partial charge in [-0.3, -0.25) is 4.79 Å². The smallest absolute Gasteiger partial charge is 0.227 e. The molecule has 1 saturated carbocycles. The molecule has 0 radical (unpaired) electrons. The number of carbonyl (C=O) groups is 1. The molecular weight excluding hydrogens is 278 g/mol. The molecule has 1 fully saturated rings. The van der Waals surface area contributed by atoms with Gasteiger partial charge < -0.3 is 21.1 Å². The first-order chi connectivity index (χ1) is 9.62. The summed E-state index contributed by atoms with van der Waals surface area (Å²) in [5.74, 6) is -0.136. The molecule has 1 unspecified atom stereocenters. The predicted octanol–water partition coefficient (Wildman–Crippen LogP) is 2.22. The number of nitrogens with one attached hydrogen (secondary N) is 2. The summed E-state index contributed by atoms with van der Waals surface area (Å²) in [5, 5.41) is 6.82. The van der Waals surface area contributed by atoms with E-state index in [1.54, 1.807) is 19.2 Å². The van der Waals surface area contributed by atoms with Crippen LogP contribution in [0, 0.1) is 0 Å². The lowest BCUT2D eigenvalue weighted by Gasteiger charge is -2.15. The molecule has 6 heteroatoms. The lowest BCUT2D eigenvalue weighted by Crippen LogP contribution is -2.28. The third kappa shape index (κ3) is 4.37. The summed E-state index contributed by atoms with van der Waals surface area (Å²) < 4.78 is 5.11. The molecule has 0 heterocycles. The number of amides is 1. The van der Waals surface area contributed by atoms with Crippen LogP contribution in [0.2, 0.25) is 5.02 Å². The standard InChI is InChI=1S/C14H20ClN3O2/c1-20-11(8-16)7-14(19)18-13-6-9(15)2-5-12(13)17-10-3-4-10/h2,5-6,10-11,17H,3-4,7-8,16H2,1H3,(H,18,19). The largest absolute Gasteiger partial charge is 0.381 e. The van der Waals surface area contributed by atoms with E-state index in [2.05, 4.69) is 10.6 Å². The zero-order valence-corrected chi connectivity index (χ0v) is 12.2. The first kappa shape index (κ1) is 15.1. The zero-order chi connectivity index (χ0) is 14.5. The van der Waals surface area contributed by atoms with Gasteiger partial charge in [-0.15, -0.1) is 0 Å². The van der Waals surface area contributed by atoms with Gasteiger partial charge in [-0.05, 0) is 31.0 Å². The fourth-order valence-corrected chi connectivity index (χ4v) is 2.04. The minimum Gasteiger partial charge on any atom is -0.381 e. The van der Waals surface area contributed by atoms with Crippen LogP contribution in [0.1, 0.15) is 19.3 Å². The van der Waals surface area contributed by atoms with Crippen LogP contribution in [-0.4, -0.2) is 31.7 Å². The minimum absolute atomic E-state index is 0.136. The highest BCUT2D eigenvalue weighted by atomic mass is 35.5. The predicted molar refractivity (Wildman–Crippen MR) is 81.2 cm³/mol. The van der Waals surface area contributed by atoms with Crippen molar-refractivity contribution in [3.05, 3.63) is 23.2 Å². The Morgan fingerprint density at radius 1 is 1.50 bits per heavy atom. The van der Waals surface area contributed by atoms with Gasteiger partial charge in [0.25, 0.3) is 0 Å². The fraction of sp³-hybridized carbons (Fsp3) is 0.500. The molecule has 0 spiro atoms. The van der Waals surface area contributed by atoms with Crippen molar-refractivity contribution >= 4 is 28.9 Å². The topological polar surface area (TPSA) is 76.4 Å². The molecule has 1 aliphatic rings. The molecule has 0 aliphatic heterocycles. The molecule has 5 nitrogen and oxygen atoms in total. The van der Waals surface area contributed by atoms with Gasteiger partial charge in [-0.25, -0.2) is 0 Å². The van der Waals surface area contributed by atoms with Crippen molar-refractivity contribution in [2.24, 2.45) is 5.73 Å². The van der Waals surface area contributed by atoms with Crippen molar-refractivity contribution in [2.75, 3.05) is 24.3 Å². The number of hydrogen-bond acceptors (Lipinski definition) is 4. The molecule has 1 atom stereocenters. The highest BCUT2D eigenvalue weighted by molar-refractivity contribution is 6.31. The van der Waals surface area contributed by atoms with Crippen LogP contribution in [0.15, 0.2) is 18.2 Å². The van der Waals surface area contributed by atoms with Gasteiger partial charge in [0.2, 0.25) is 5.91 Å². The van der Waals surface area contributed by atoms with Crippen LogP contribution in [-0.2, 0) is 9.53 Å². The molecule has 20 heavy (non-hydrogen) atoms. The number of halogens is 1.